The van der Waals surface area contributed by atoms with Gasteiger partial charge < -0.3 is 10.6 Å². The highest BCUT2D eigenvalue weighted by molar-refractivity contribution is 6.31. The number of nitrogens with one attached hydrogen (secondary N) is 2. The van der Waals surface area contributed by atoms with Crippen LogP contribution in [0.1, 0.15) is 11.1 Å². The molecule has 2 rings (SSSR count). The number of hydrogen-bond acceptors (Lipinski definition) is 2. The fraction of sp³-hybridized carbons (Fsp3) is 0.188. The van der Waals surface area contributed by atoms with E-state index in [2.05, 4.69) is 10.6 Å². The van der Waals surface area contributed by atoms with Crippen LogP contribution in [0.3, 0.4) is 0 Å². The van der Waals surface area contributed by atoms with Gasteiger partial charge >= 0.3 is 6.18 Å². The van der Waals surface area contributed by atoms with Crippen molar-refractivity contribution in [2.45, 2.75) is 13.1 Å². The Labute approximate surface area is 136 Å². The highest BCUT2D eigenvalue weighted by Gasteiger charge is 2.30. The summed E-state index contributed by atoms with van der Waals surface area (Å²) in [7, 11) is 0. The third kappa shape index (κ3) is 4.63. The zero-order chi connectivity index (χ0) is 17.0. The predicted octanol–water partition coefficient (Wildman–Crippen LogP) is 4.72. The van der Waals surface area contributed by atoms with Gasteiger partial charge in [0.1, 0.15) is 0 Å². The van der Waals surface area contributed by atoms with Crippen LogP contribution in [0.25, 0.3) is 0 Å². The van der Waals surface area contributed by atoms with Crippen LogP contribution in [0.15, 0.2) is 42.5 Å². The first-order valence-electron chi connectivity index (χ1n) is 6.73. The second-order valence-electron chi connectivity index (χ2n) is 4.89. The van der Waals surface area contributed by atoms with Crippen LogP contribution < -0.4 is 10.6 Å². The van der Waals surface area contributed by atoms with E-state index in [4.69, 9.17) is 11.6 Å². The lowest BCUT2D eigenvalue weighted by Gasteiger charge is -2.12. The maximum atomic E-state index is 12.6. The van der Waals surface area contributed by atoms with Crippen molar-refractivity contribution < 1.29 is 18.0 Å². The maximum absolute atomic E-state index is 12.6. The van der Waals surface area contributed by atoms with E-state index in [9.17, 15) is 18.0 Å². The topological polar surface area (TPSA) is 41.1 Å². The fourth-order valence-electron chi connectivity index (χ4n) is 1.95. The summed E-state index contributed by atoms with van der Waals surface area (Å²) in [5.41, 5.74) is 0.765. The van der Waals surface area contributed by atoms with Crippen molar-refractivity contribution in [2.24, 2.45) is 0 Å². The van der Waals surface area contributed by atoms with Gasteiger partial charge in [-0.3, -0.25) is 4.79 Å². The summed E-state index contributed by atoms with van der Waals surface area (Å²) in [5.74, 6) is -0.455. The van der Waals surface area contributed by atoms with E-state index in [1.54, 1.807) is 25.1 Å². The predicted molar refractivity (Wildman–Crippen MR) is 84.8 cm³/mol. The van der Waals surface area contributed by atoms with E-state index >= 15 is 0 Å². The second kappa shape index (κ2) is 6.91. The van der Waals surface area contributed by atoms with Gasteiger partial charge in [0.2, 0.25) is 5.91 Å². The van der Waals surface area contributed by atoms with E-state index in [-0.39, 0.29) is 12.2 Å². The molecule has 1 amide bonds. The first-order valence-corrected chi connectivity index (χ1v) is 7.11. The number of rotatable bonds is 4. The summed E-state index contributed by atoms with van der Waals surface area (Å²) in [6.07, 6.45) is -4.45. The Morgan fingerprint density at radius 2 is 1.87 bits per heavy atom. The molecule has 0 fully saturated rings. The standard InChI is InChI=1S/C16H14ClF3N2O/c1-10-13(17)6-3-7-14(10)21-9-15(23)22-12-5-2-4-11(8-12)16(18,19)20/h2-8,21H,9H2,1H3,(H,22,23). The zero-order valence-electron chi connectivity index (χ0n) is 12.2. The Kier molecular flexibility index (Phi) is 5.15. The number of amides is 1. The molecule has 2 aromatic carbocycles. The highest BCUT2D eigenvalue weighted by Crippen LogP contribution is 2.30. The van der Waals surface area contributed by atoms with Crippen molar-refractivity contribution in [1.29, 1.82) is 0 Å². The molecular formula is C16H14ClF3N2O. The first kappa shape index (κ1) is 17.1. The summed E-state index contributed by atoms with van der Waals surface area (Å²) >= 11 is 5.97. The number of hydrogen-bond donors (Lipinski definition) is 2. The Morgan fingerprint density at radius 3 is 2.57 bits per heavy atom. The molecule has 0 aliphatic rings. The van der Waals surface area contributed by atoms with E-state index in [1.807, 2.05) is 0 Å². The van der Waals surface area contributed by atoms with Gasteiger partial charge in [0.25, 0.3) is 0 Å². The minimum atomic E-state index is -4.45. The SMILES string of the molecule is Cc1c(Cl)cccc1NCC(=O)Nc1cccc(C(F)(F)F)c1. The van der Waals surface area contributed by atoms with Gasteiger partial charge in [-0.15, -0.1) is 0 Å². The quantitative estimate of drug-likeness (QED) is 0.844. The Hall–Kier alpha value is -2.21. The molecule has 0 heterocycles. The van der Waals surface area contributed by atoms with Crippen molar-refractivity contribution in [1.82, 2.24) is 0 Å². The number of carbonyl (C=O) groups is 1. The van der Waals surface area contributed by atoms with Gasteiger partial charge in [-0.25, -0.2) is 0 Å². The summed E-state index contributed by atoms with van der Waals surface area (Å²) < 4.78 is 37.9. The van der Waals surface area contributed by atoms with E-state index in [0.717, 1.165) is 17.7 Å². The van der Waals surface area contributed by atoms with E-state index in [1.165, 1.54) is 12.1 Å². The molecule has 0 aromatic heterocycles. The number of halogens is 4. The summed E-state index contributed by atoms with van der Waals surface area (Å²) in [4.78, 5) is 11.9. The number of benzene rings is 2. The molecule has 0 aliphatic carbocycles. The molecule has 0 aliphatic heterocycles. The summed E-state index contributed by atoms with van der Waals surface area (Å²) in [6, 6.07) is 9.71. The monoisotopic (exact) mass is 342 g/mol. The molecule has 3 nitrogen and oxygen atoms in total. The van der Waals surface area contributed by atoms with Gasteiger partial charge in [-0.05, 0) is 42.8 Å². The molecule has 2 N–H and O–H groups in total. The fourth-order valence-corrected chi connectivity index (χ4v) is 2.13. The highest BCUT2D eigenvalue weighted by atomic mass is 35.5. The molecule has 0 radical (unpaired) electrons. The van der Waals surface area contributed by atoms with Crippen molar-refractivity contribution in [3.8, 4) is 0 Å². The minimum absolute atomic E-state index is 0.0859. The smallest absolute Gasteiger partial charge is 0.376 e. The van der Waals surface area contributed by atoms with Gasteiger partial charge in [0, 0.05) is 16.4 Å². The van der Waals surface area contributed by atoms with Gasteiger partial charge in [0.15, 0.2) is 0 Å². The average molecular weight is 343 g/mol. The lowest BCUT2D eigenvalue weighted by Crippen LogP contribution is -2.22. The van der Waals surface area contributed by atoms with Crippen LogP contribution >= 0.6 is 11.6 Å². The molecule has 0 saturated heterocycles. The van der Waals surface area contributed by atoms with Crippen LogP contribution in [-0.4, -0.2) is 12.5 Å². The average Bonchev–Trinajstić information content (AvgIpc) is 2.48. The van der Waals surface area contributed by atoms with E-state index < -0.39 is 17.6 Å². The Morgan fingerprint density at radius 1 is 1.17 bits per heavy atom. The first-order chi connectivity index (χ1) is 10.8. The van der Waals surface area contributed by atoms with Crippen molar-refractivity contribution >= 4 is 28.9 Å². The van der Waals surface area contributed by atoms with Crippen LogP contribution in [0.5, 0.6) is 0 Å². The van der Waals surface area contributed by atoms with Gasteiger partial charge in [-0.1, -0.05) is 23.7 Å². The van der Waals surface area contributed by atoms with Crippen LogP contribution in [0.4, 0.5) is 24.5 Å². The van der Waals surface area contributed by atoms with Crippen LogP contribution in [0, 0.1) is 6.92 Å². The second-order valence-corrected chi connectivity index (χ2v) is 5.30. The lowest BCUT2D eigenvalue weighted by atomic mass is 10.2. The summed E-state index contributed by atoms with van der Waals surface area (Å²) in [6.45, 7) is 1.72. The van der Waals surface area contributed by atoms with Gasteiger partial charge in [0.05, 0.1) is 12.1 Å². The van der Waals surface area contributed by atoms with Crippen molar-refractivity contribution in [3.05, 3.63) is 58.6 Å². The zero-order valence-corrected chi connectivity index (χ0v) is 12.9. The Balaban J connectivity index is 1.99. The number of alkyl halides is 3. The molecule has 23 heavy (non-hydrogen) atoms. The third-order valence-electron chi connectivity index (χ3n) is 3.18. The molecule has 0 atom stereocenters. The molecule has 122 valence electrons. The molecule has 0 unspecified atom stereocenters. The minimum Gasteiger partial charge on any atom is -0.376 e. The number of carbonyl (C=O) groups excluding carboxylic acids is 1. The summed E-state index contributed by atoms with van der Waals surface area (Å²) in [5, 5.41) is 5.89. The Bertz CT molecular complexity index is 717. The van der Waals surface area contributed by atoms with Gasteiger partial charge in [-0.2, -0.15) is 13.2 Å². The molecule has 0 spiro atoms. The van der Waals surface area contributed by atoms with Crippen molar-refractivity contribution in [3.63, 3.8) is 0 Å². The molecule has 0 saturated carbocycles. The van der Waals surface area contributed by atoms with Crippen LogP contribution in [-0.2, 0) is 11.0 Å². The molecular weight excluding hydrogens is 329 g/mol. The third-order valence-corrected chi connectivity index (χ3v) is 3.59. The van der Waals surface area contributed by atoms with Crippen molar-refractivity contribution in [2.75, 3.05) is 17.2 Å². The largest absolute Gasteiger partial charge is 0.416 e. The van der Waals surface area contributed by atoms with Crippen LogP contribution in [0.2, 0.25) is 5.02 Å². The normalized spacial score (nSPS) is 11.2. The molecule has 7 heteroatoms. The maximum Gasteiger partial charge on any atom is 0.416 e. The van der Waals surface area contributed by atoms with E-state index in [0.29, 0.717) is 10.7 Å². The molecule has 2 aromatic rings. The lowest BCUT2D eigenvalue weighted by molar-refractivity contribution is -0.137. The molecule has 0 bridgehead atoms. The number of anilines is 2.